The van der Waals surface area contributed by atoms with E-state index in [2.05, 4.69) is 0 Å². The molecule has 10 heteroatoms. The number of likely N-dealkylation sites (tertiary alicyclic amines) is 1. The molecule has 27 heavy (non-hydrogen) atoms. The number of ether oxygens (including phenoxy) is 1. The lowest BCUT2D eigenvalue weighted by Gasteiger charge is -2.28. The maximum absolute atomic E-state index is 12.5. The summed E-state index contributed by atoms with van der Waals surface area (Å²) in [6.45, 7) is 1.87. The molecule has 1 unspecified atom stereocenters. The van der Waals surface area contributed by atoms with E-state index in [1.165, 1.54) is 4.90 Å². The monoisotopic (exact) mass is 402 g/mol. The second-order valence-electron chi connectivity index (χ2n) is 6.85. The molecule has 9 nitrogen and oxygen atoms in total. The fraction of sp³-hybridized carbons (Fsp3) is 0.765. The molecule has 2 heterocycles. The van der Waals surface area contributed by atoms with Crippen LogP contribution in [-0.4, -0.2) is 79.2 Å². The molecule has 2 rings (SSSR count). The Morgan fingerprint density at radius 2 is 1.89 bits per heavy atom. The minimum absolute atomic E-state index is 0.0505. The first kappa shape index (κ1) is 21.3. The quantitative estimate of drug-likeness (QED) is 0.390. The Labute approximate surface area is 158 Å². The molecule has 2 aliphatic rings. The summed E-state index contributed by atoms with van der Waals surface area (Å²) in [4.78, 5) is 49.8. The van der Waals surface area contributed by atoms with Crippen LogP contribution in [0.3, 0.4) is 0 Å². The molecule has 0 aromatic heterocycles. The molecule has 1 atom stereocenters. The third-order valence-corrected chi connectivity index (χ3v) is 6.52. The van der Waals surface area contributed by atoms with Crippen LogP contribution in [-0.2, 0) is 33.8 Å². The van der Waals surface area contributed by atoms with Gasteiger partial charge in [0.15, 0.2) is 16.4 Å². The van der Waals surface area contributed by atoms with Crippen molar-refractivity contribution in [1.82, 2.24) is 9.80 Å². The van der Waals surface area contributed by atoms with Crippen molar-refractivity contribution in [3.8, 4) is 0 Å². The van der Waals surface area contributed by atoms with Crippen LogP contribution >= 0.6 is 0 Å². The molecular weight excluding hydrogens is 376 g/mol. The van der Waals surface area contributed by atoms with Crippen molar-refractivity contribution in [3.05, 3.63) is 0 Å². The number of rotatable bonds is 9. The molecule has 0 N–H and O–H groups in total. The number of sulfone groups is 1. The average Bonchev–Trinajstić information content (AvgIpc) is 3.13. The molecule has 3 amide bonds. The van der Waals surface area contributed by atoms with Crippen molar-refractivity contribution in [1.29, 1.82) is 0 Å². The van der Waals surface area contributed by atoms with Gasteiger partial charge in [-0.1, -0.05) is 13.3 Å². The Kier molecular flexibility index (Phi) is 7.34. The number of carbonyl (C=O) groups is 4. The first-order valence-corrected chi connectivity index (χ1v) is 11.0. The third kappa shape index (κ3) is 6.02. The van der Waals surface area contributed by atoms with Crippen molar-refractivity contribution in [2.75, 3.05) is 31.2 Å². The van der Waals surface area contributed by atoms with Gasteiger partial charge in [-0.25, -0.2) is 8.42 Å². The van der Waals surface area contributed by atoms with E-state index in [1.807, 2.05) is 6.92 Å². The molecule has 0 aromatic carbocycles. The van der Waals surface area contributed by atoms with E-state index >= 15 is 0 Å². The highest BCUT2D eigenvalue weighted by molar-refractivity contribution is 7.91. The molecule has 0 radical (unpaired) electrons. The first-order valence-electron chi connectivity index (χ1n) is 9.22. The van der Waals surface area contributed by atoms with Gasteiger partial charge in [-0.15, -0.1) is 0 Å². The van der Waals surface area contributed by atoms with Crippen molar-refractivity contribution in [3.63, 3.8) is 0 Å². The highest BCUT2D eigenvalue weighted by atomic mass is 32.2. The molecule has 0 saturated carbocycles. The standard InChI is InChI=1S/C17H26N2O7S/c1-2-3-8-18(13-7-10-27(24,25)12-13)16(22)11-26-17(23)6-9-19-14(20)4-5-15(19)21/h13H,2-12H2,1H3. The van der Waals surface area contributed by atoms with E-state index in [4.69, 9.17) is 4.74 Å². The normalized spacial score (nSPS) is 21.5. The number of imide groups is 1. The summed E-state index contributed by atoms with van der Waals surface area (Å²) in [7, 11) is -3.13. The Bertz CT molecular complexity index is 688. The largest absolute Gasteiger partial charge is 0.456 e. The average molecular weight is 402 g/mol. The third-order valence-electron chi connectivity index (χ3n) is 4.77. The molecule has 0 aromatic rings. The van der Waals surface area contributed by atoms with E-state index in [-0.39, 0.29) is 55.2 Å². The van der Waals surface area contributed by atoms with Gasteiger partial charge in [0.1, 0.15) is 0 Å². The lowest BCUT2D eigenvalue weighted by molar-refractivity contribution is -0.153. The molecule has 0 aliphatic carbocycles. The van der Waals surface area contributed by atoms with E-state index in [9.17, 15) is 27.6 Å². The van der Waals surface area contributed by atoms with Crippen LogP contribution < -0.4 is 0 Å². The molecule has 2 fully saturated rings. The number of carbonyl (C=O) groups excluding carboxylic acids is 4. The van der Waals surface area contributed by atoms with Gasteiger partial charge in [-0.3, -0.25) is 24.1 Å². The Morgan fingerprint density at radius 1 is 1.22 bits per heavy atom. The van der Waals surface area contributed by atoms with Crippen LogP contribution in [0, 0.1) is 0 Å². The molecule has 2 aliphatic heterocycles. The Hall–Kier alpha value is -1.97. The predicted molar refractivity (Wildman–Crippen MR) is 95.2 cm³/mol. The molecule has 0 spiro atoms. The van der Waals surface area contributed by atoms with Crippen LogP contribution in [0.2, 0.25) is 0 Å². The van der Waals surface area contributed by atoms with Gasteiger partial charge in [-0.05, 0) is 12.8 Å². The van der Waals surface area contributed by atoms with Crippen molar-refractivity contribution < 1.29 is 32.3 Å². The van der Waals surface area contributed by atoms with Gasteiger partial charge in [0, 0.05) is 32.0 Å². The molecule has 152 valence electrons. The zero-order valence-corrected chi connectivity index (χ0v) is 16.3. The summed E-state index contributed by atoms with van der Waals surface area (Å²) >= 11 is 0. The van der Waals surface area contributed by atoms with Crippen molar-refractivity contribution in [2.45, 2.75) is 51.5 Å². The van der Waals surface area contributed by atoms with Gasteiger partial charge >= 0.3 is 5.97 Å². The summed E-state index contributed by atoms with van der Waals surface area (Å²) in [5.41, 5.74) is 0. The van der Waals surface area contributed by atoms with E-state index < -0.39 is 28.3 Å². The fourth-order valence-electron chi connectivity index (χ4n) is 3.23. The van der Waals surface area contributed by atoms with E-state index in [0.717, 1.165) is 17.7 Å². The number of nitrogens with zero attached hydrogens (tertiary/aromatic N) is 2. The highest BCUT2D eigenvalue weighted by Gasteiger charge is 2.34. The zero-order valence-electron chi connectivity index (χ0n) is 15.5. The number of esters is 1. The molecule has 2 saturated heterocycles. The van der Waals surface area contributed by atoms with Crippen molar-refractivity contribution >= 4 is 33.5 Å². The summed E-state index contributed by atoms with van der Waals surface area (Å²) in [6, 6.07) is -0.382. The van der Waals surface area contributed by atoms with Gasteiger partial charge in [-0.2, -0.15) is 0 Å². The van der Waals surface area contributed by atoms with Gasteiger partial charge in [0.05, 0.1) is 17.9 Å². The Morgan fingerprint density at radius 3 is 2.44 bits per heavy atom. The first-order chi connectivity index (χ1) is 12.7. The van der Waals surface area contributed by atoms with Crippen LogP contribution in [0.5, 0.6) is 0 Å². The second kappa shape index (κ2) is 9.29. The number of amides is 3. The van der Waals surface area contributed by atoms with Crippen LogP contribution in [0.1, 0.15) is 45.4 Å². The second-order valence-corrected chi connectivity index (χ2v) is 9.08. The summed E-state index contributed by atoms with van der Waals surface area (Å²) in [5.74, 6) is -1.72. The van der Waals surface area contributed by atoms with Crippen LogP contribution in [0.15, 0.2) is 0 Å². The van der Waals surface area contributed by atoms with E-state index in [0.29, 0.717) is 13.0 Å². The zero-order chi connectivity index (χ0) is 20.0. The molecular formula is C17H26N2O7S. The topological polar surface area (TPSA) is 118 Å². The van der Waals surface area contributed by atoms with Gasteiger partial charge < -0.3 is 9.64 Å². The number of hydrogen-bond donors (Lipinski definition) is 0. The fourth-order valence-corrected chi connectivity index (χ4v) is 4.96. The Balaban J connectivity index is 1.82. The van der Waals surface area contributed by atoms with Crippen LogP contribution in [0.25, 0.3) is 0 Å². The predicted octanol–water partition coefficient (Wildman–Crippen LogP) is -0.115. The lowest BCUT2D eigenvalue weighted by Crippen LogP contribution is -2.44. The van der Waals surface area contributed by atoms with Crippen LogP contribution in [0.4, 0.5) is 0 Å². The summed E-state index contributed by atoms with van der Waals surface area (Å²) in [6.07, 6.45) is 2.12. The lowest BCUT2D eigenvalue weighted by atomic mass is 10.2. The maximum Gasteiger partial charge on any atom is 0.308 e. The maximum atomic E-state index is 12.5. The number of unbranched alkanes of at least 4 members (excludes halogenated alkanes) is 1. The van der Waals surface area contributed by atoms with Crippen molar-refractivity contribution in [2.24, 2.45) is 0 Å². The smallest absolute Gasteiger partial charge is 0.308 e. The summed E-state index contributed by atoms with van der Waals surface area (Å²) < 4.78 is 28.4. The van der Waals surface area contributed by atoms with Gasteiger partial charge in [0.25, 0.3) is 5.91 Å². The highest BCUT2D eigenvalue weighted by Crippen LogP contribution is 2.19. The van der Waals surface area contributed by atoms with E-state index in [1.54, 1.807) is 0 Å². The number of hydrogen-bond acceptors (Lipinski definition) is 7. The minimum Gasteiger partial charge on any atom is -0.456 e. The summed E-state index contributed by atoms with van der Waals surface area (Å²) in [5, 5.41) is 0. The SMILES string of the molecule is CCCCN(C(=O)COC(=O)CCN1C(=O)CCC1=O)C1CCS(=O)(=O)C1. The van der Waals surface area contributed by atoms with Gasteiger partial charge in [0.2, 0.25) is 11.8 Å². The minimum atomic E-state index is -3.13. The molecule has 0 bridgehead atoms.